The molecule has 3 N–H and O–H groups in total. The van der Waals surface area contributed by atoms with Crippen LogP contribution in [0.5, 0.6) is 11.5 Å². The number of benzene rings is 2. The third kappa shape index (κ3) is 5.32. The van der Waals surface area contributed by atoms with Crippen LogP contribution in [-0.4, -0.2) is 40.5 Å². The number of hydrogen-bond donors (Lipinski definition) is 3. The van der Waals surface area contributed by atoms with Gasteiger partial charge in [-0.15, -0.1) is 11.3 Å². The zero-order chi connectivity index (χ0) is 24.1. The van der Waals surface area contributed by atoms with E-state index >= 15 is 0 Å². The van der Waals surface area contributed by atoms with Crippen LogP contribution in [0.1, 0.15) is 29.2 Å². The van der Waals surface area contributed by atoms with E-state index in [0.29, 0.717) is 22.0 Å². The average molecular weight is 477 g/mol. The molecule has 1 atom stereocenters. The first-order chi connectivity index (χ1) is 16.4. The number of nitrogens with zero attached hydrogens (tertiary/aromatic N) is 2. The highest BCUT2D eigenvalue weighted by Gasteiger charge is 2.23. The van der Waals surface area contributed by atoms with Gasteiger partial charge in [0.1, 0.15) is 17.0 Å². The van der Waals surface area contributed by atoms with Crippen LogP contribution in [0.15, 0.2) is 60.1 Å². The summed E-state index contributed by atoms with van der Waals surface area (Å²) in [5, 5.41) is 19.4. The summed E-state index contributed by atoms with van der Waals surface area (Å²) in [7, 11) is 1.58. The Bertz CT molecular complexity index is 1320. The van der Waals surface area contributed by atoms with Crippen molar-refractivity contribution >= 4 is 39.2 Å². The van der Waals surface area contributed by atoms with E-state index in [9.17, 15) is 14.7 Å². The summed E-state index contributed by atoms with van der Waals surface area (Å²) in [6.45, 7) is 1.66. The smallest absolute Gasteiger partial charge is 0.245 e. The maximum Gasteiger partial charge on any atom is 0.245 e. The zero-order valence-electron chi connectivity index (χ0n) is 18.7. The minimum absolute atomic E-state index is 0.0296. The van der Waals surface area contributed by atoms with Gasteiger partial charge in [0.15, 0.2) is 5.13 Å². The highest BCUT2D eigenvalue weighted by Crippen LogP contribution is 2.38. The van der Waals surface area contributed by atoms with Crippen molar-refractivity contribution in [1.82, 2.24) is 15.3 Å². The first-order valence-electron chi connectivity index (χ1n) is 10.6. The van der Waals surface area contributed by atoms with Gasteiger partial charge in [0.05, 0.1) is 19.3 Å². The van der Waals surface area contributed by atoms with Crippen molar-refractivity contribution in [3.05, 3.63) is 76.9 Å². The lowest BCUT2D eigenvalue weighted by atomic mass is 9.87. The van der Waals surface area contributed by atoms with E-state index in [-0.39, 0.29) is 30.5 Å². The Labute approximate surface area is 200 Å². The molecule has 2 aromatic heterocycles. The largest absolute Gasteiger partial charge is 0.505 e. The number of thiazole rings is 1. The second-order valence-corrected chi connectivity index (χ2v) is 8.59. The first kappa shape index (κ1) is 23.2. The van der Waals surface area contributed by atoms with Gasteiger partial charge in [0.2, 0.25) is 11.8 Å². The van der Waals surface area contributed by atoms with Gasteiger partial charge in [0.25, 0.3) is 0 Å². The van der Waals surface area contributed by atoms with E-state index in [1.807, 2.05) is 36.6 Å². The van der Waals surface area contributed by atoms with Gasteiger partial charge in [-0.25, -0.2) is 4.98 Å². The van der Waals surface area contributed by atoms with E-state index < -0.39 is 5.92 Å². The van der Waals surface area contributed by atoms with Crippen LogP contribution in [-0.2, 0) is 9.59 Å². The topological polar surface area (TPSA) is 113 Å². The molecule has 0 aliphatic carbocycles. The molecule has 1 unspecified atom stereocenters. The average Bonchev–Trinajstić information content (AvgIpc) is 3.26. The molecule has 0 aliphatic rings. The predicted octanol–water partition coefficient (Wildman–Crippen LogP) is 3.99. The molecule has 9 heteroatoms. The highest BCUT2D eigenvalue weighted by atomic mass is 32.1. The molecular weight excluding hydrogens is 452 g/mol. The minimum atomic E-state index is -0.456. The lowest BCUT2D eigenvalue weighted by Crippen LogP contribution is -2.33. The Morgan fingerprint density at radius 1 is 1.12 bits per heavy atom. The van der Waals surface area contributed by atoms with Crippen molar-refractivity contribution in [2.45, 2.75) is 19.3 Å². The molecule has 0 spiro atoms. The Balaban J connectivity index is 1.54. The Hall–Kier alpha value is -3.98. The fraction of sp³-hybridized carbons (Fsp3) is 0.200. The molecule has 174 valence electrons. The number of aromatic hydroxyl groups is 1. The fourth-order valence-corrected chi connectivity index (χ4v) is 4.39. The van der Waals surface area contributed by atoms with Crippen LogP contribution in [0, 0.1) is 6.92 Å². The number of phenols is 1. The number of rotatable bonds is 8. The molecule has 0 bridgehead atoms. The van der Waals surface area contributed by atoms with Crippen molar-refractivity contribution in [3.63, 3.8) is 0 Å². The van der Waals surface area contributed by atoms with E-state index in [0.717, 1.165) is 16.6 Å². The van der Waals surface area contributed by atoms with Crippen LogP contribution >= 0.6 is 11.3 Å². The maximum atomic E-state index is 12.8. The summed E-state index contributed by atoms with van der Waals surface area (Å²) in [5.74, 6) is -0.427. The van der Waals surface area contributed by atoms with Gasteiger partial charge in [-0.2, -0.15) is 0 Å². The second-order valence-electron chi connectivity index (χ2n) is 7.73. The number of aryl methyl sites for hydroxylation is 1. The number of ether oxygens (including phenoxy) is 1. The van der Waals surface area contributed by atoms with Gasteiger partial charge < -0.3 is 20.5 Å². The number of hydrogen-bond acceptors (Lipinski definition) is 7. The lowest BCUT2D eigenvalue weighted by molar-refractivity contribution is -0.124. The van der Waals surface area contributed by atoms with Crippen LogP contribution in [0.4, 0.5) is 5.13 Å². The number of amides is 2. The van der Waals surface area contributed by atoms with Crippen molar-refractivity contribution in [3.8, 4) is 11.5 Å². The van der Waals surface area contributed by atoms with Crippen LogP contribution in [0.25, 0.3) is 10.9 Å². The van der Waals surface area contributed by atoms with Gasteiger partial charge in [-0.05, 0) is 30.7 Å². The maximum absolute atomic E-state index is 12.8. The molecule has 0 radical (unpaired) electrons. The molecular formula is C25H24N4O4S. The Kier molecular flexibility index (Phi) is 7.03. The highest BCUT2D eigenvalue weighted by molar-refractivity contribution is 7.13. The number of pyridine rings is 1. The molecule has 0 aliphatic heterocycles. The quantitative estimate of drug-likeness (QED) is 0.354. The third-order valence-corrected chi connectivity index (χ3v) is 6.25. The van der Waals surface area contributed by atoms with E-state index in [2.05, 4.69) is 20.6 Å². The summed E-state index contributed by atoms with van der Waals surface area (Å²) in [6.07, 6.45) is 1.64. The standard InChI is InChI=1S/C25H24N4O4S/c1-15-14-34-25(28-15)29-22(31)13-27-21(30)12-20(16-5-8-18(33-2)9-6-16)19-10-7-17-4-3-11-26-23(17)24(19)32/h3-11,14,20,32H,12-13H2,1-2H3,(H,27,30)(H,28,29,31). The Morgan fingerprint density at radius 3 is 2.62 bits per heavy atom. The van der Waals surface area contributed by atoms with Crippen LogP contribution < -0.4 is 15.4 Å². The van der Waals surface area contributed by atoms with Crippen molar-refractivity contribution in [2.24, 2.45) is 0 Å². The molecule has 34 heavy (non-hydrogen) atoms. The molecule has 2 aromatic carbocycles. The molecule has 0 saturated heterocycles. The van der Waals surface area contributed by atoms with Crippen molar-refractivity contribution < 1.29 is 19.4 Å². The molecule has 2 amide bonds. The monoisotopic (exact) mass is 476 g/mol. The summed E-state index contributed by atoms with van der Waals surface area (Å²) in [6, 6.07) is 14.7. The van der Waals surface area contributed by atoms with E-state index in [4.69, 9.17) is 4.74 Å². The molecule has 0 fully saturated rings. The van der Waals surface area contributed by atoms with Gasteiger partial charge in [0, 0.05) is 34.9 Å². The first-order valence-corrected chi connectivity index (χ1v) is 11.5. The summed E-state index contributed by atoms with van der Waals surface area (Å²) < 4.78 is 5.24. The zero-order valence-corrected chi connectivity index (χ0v) is 19.6. The fourth-order valence-electron chi connectivity index (χ4n) is 3.68. The molecule has 2 heterocycles. The number of phenolic OH excluding ortho intramolecular Hbond substituents is 1. The summed E-state index contributed by atoms with van der Waals surface area (Å²) >= 11 is 1.32. The third-order valence-electron chi connectivity index (χ3n) is 5.37. The van der Waals surface area contributed by atoms with Crippen molar-refractivity contribution in [1.29, 1.82) is 0 Å². The van der Waals surface area contributed by atoms with Crippen molar-refractivity contribution in [2.75, 3.05) is 19.0 Å². The molecule has 8 nitrogen and oxygen atoms in total. The molecule has 4 aromatic rings. The number of fused-ring (bicyclic) bond motifs is 1. The van der Waals surface area contributed by atoms with Crippen LogP contribution in [0.2, 0.25) is 0 Å². The number of carbonyl (C=O) groups excluding carboxylic acids is 2. The van der Waals surface area contributed by atoms with E-state index in [1.54, 1.807) is 37.6 Å². The summed E-state index contributed by atoms with van der Waals surface area (Å²) in [4.78, 5) is 33.5. The normalized spacial score (nSPS) is 11.7. The number of aromatic nitrogens is 2. The number of nitrogens with one attached hydrogen (secondary N) is 2. The van der Waals surface area contributed by atoms with Gasteiger partial charge >= 0.3 is 0 Å². The molecule has 0 saturated carbocycles. The van der Waals surface area contributed by atoms with Gasteiger partial charge in [-0.1, -0.05) is 30.3 Å². The van der Waals surface area contributed by atoms with E-state index in [1.165, 1.54) is 11.3 Å². The SMILES string of the molecule is COc1ccc(C(CC(=O)NCC(=O)Nc2nc(C)cs2)c2ccc3cccnc3c2O)cc1. The summed E-state index contributed by atoms with van der Waals surface area (Å²) in [5.41, 5.74) is 2.69. The Morgan fingerprint density at radius 2 is 1.91 bits per heavy atom. The predicted molar refractivity (Wildman–Crippen MR) is 131 cm³/mol. The molecule has 4 rings (SSSR count). The number of anilines is 1. The number of carbonyl (C=O) groups is 2. The lowest BCUT2D eigenvalue weighted by Gasteiger charge is -2.20. The van der Waals surface area contributed by atoms with Gasteiger partial charge in [-0.3, -0.25) is 14.6 Å². The number of methoxy groups -OCH3 is 1. The second kappa shape index (κ2) is 10.3. The van der Waals surface area contributed by atoms with Crippen LogP contribution in [0.3, 0.4) is 0 Å². The minimum Gasteiger partial charge on any atom is -0.505 e.